The fourth-order valence-corrected chi connectivity index (χ4v) is 3.31. The van der Waals surface area contributed by atoms with Gasteiger partial charge in [0.1, 0.15) is 5.75 Å². The molecule has 4 rings (SSSR count). The number of hydrogen-bond donors (Lipinski definition) is 1. The molecular weight excluding hydrogens is 380 g/mol. The Morgan fingerprint density at radius 1 is 1.27 bits per heavy atom. The van der Waals surface area contributed by atoms with Crippen LogP contribution in [0, 0.1) is 11.3 Å². The summed E-state index contributed by atoms with van der Waals surface area (Å²) in [5.41, 5.74) is 9.07. The highest BCUT2D eigenvalue weighted by atomic mass is 16.5. The van der Waals surface area contributed by atoms with Gasteiger partial charge >= 0.3 is 0 Å². The summed E-state index contributed by atoms with van der Waals surface area (Å²) in [5.74, 6) is 1.90. The molecule has 1 aliphatic heterocycles. The molecule has 3 aromatic rings. The number of aryl methyl sites for hydroxylation is 1. The third-order valence-corrected chi connectivity index (χ3v) is 5.04. The molecule has 0 spiro atoms. The number of aromatic nitrogens is 3. The number of rotatable bonds is 6. The van der Waals surface area contributed by atoms with Crippen LogP contribution in [0.15, 0.2) is 42.6 Å². The van der Waals surface area contributed by atoms with Gasteiger partial charge in [-0.2, -0.15) is 10.4 Å². The van der Waals surface area contributed by atoms with Gasteiger partial charge in [-0.15, -0.1) is 0 Å². The van der Waals surface area contributed by atoms with Crippen molar-refractivity contribution in [2.75, 3.05) is 32.2 Å². The highest BCUT2D eigenvalue weighted by molar-refractivity contribution is 5.69. The summed E-state index contributed by atoms with van der Waals surface area (Å²) >= 11 is 0. The van der Waals surface area contributed by atoms with E-state index in [1.807, 2.05) is 56.5 Å². The van der Waals surface area contributed by atoms with Crippen molar-refractivity contribution in [3.63, 3.8) is 0 Å². The smallest absolute Gasteiger partial charge is 0.219 e. The molecule has 0 saturated carbocycles. The molecule has 0 amide bonds. The van der Waals surface area contributed by atoms with Crippen molar-refractivity contribution >= 4 is 5.82 Å². The molecule has 3 heterocycles. The number of nitrogens with two attached hydrogens (primary N) is 1. The van der Waals surface area contributed by atoms with E-state index < -0.39 is 0 Å². The van der Waals surface area contributed by atoms with Crippen molar-refractivity contribution in [1.29, 1.82) is 5.26 Å². The first-order chi connectivity index (χ1) is 14.4. The minimum Gasteiger partial charge on any atom is -0.438 e. The summed E-state index contributed by atoms with van der Waals surface area (Å²) in [6.07, 6.45) is 2.55. The van der Waals surface area contributed by atoms with E-state index in [-0.39, 0.29) is 5.54 Å². The summed E-state index contributed by atoms with van der Waals surface area (Å²) < 4.78 is 13.0. The van der Waals surface area contributed by atoms with Crippen LogP contribution < -0.4 is 15.4 Å². The maximum absolute atomic E-state index is 9.33. The first-order valence-electron chi connectivity index (χ1n) is 9.62. The van der Waals surface area contributed by atoms with Gasteiger partial charge in [0.2, 0.25) is 5.88 Å². The van der Waals surface area contributed by atoms with Crippen LogP contribution in [0.2, 0.25) is 0 Å². The molecule has 0 radical (unpaired) electrons. The molecular formula is C22H24N6O2. The molecule has 8 nitrogen and oxygen atoms in total. The van der Waals surface area contributed by atoms with Gasteiger partial charge in [0.15, 0.2) is 5.82 Å². The third-order valence-electron chi connectivity index (χ3n) is 5.04. The second kappa shape index (κ2) is 7.78. The van der Waals surface area contributed by atoms with Crippen LogP contribution >= 0.6 is 0 Å². The summed E-state index contributed by atoms with van der Waals surface area (Å²) in [4.78, 5) is 6.52. The molecule has 1 fully saturated rings. The Labute approximate surface area is 175 Å². The maximum atomic E-state index is 9.33. The van der Waals surface area contributed by atoms with Crippen LogP contribution in [0.4, 0.5) is 5.82 Å². The molecule has 1 aliphatic rings. The first-order valence-corrected chi connectivity index (χ1v) is 9.62. The van der Waals surface area contributed by atoms with Gasteiger partial charge < -0.3 is 20.1 Å². The van der Waals surface area contributed by atoms with Crippen LogP contribution in [0.5, 0.6) is 11.6 Å². The van der Waals surface area contributed by atoms with Gasteiger partial charge in [0, 0.05) is 39.0 Å². The number of nitrogens with zero attached hydrogens (tertiary/aromatic N) is 5. The number of pyridine rings is 1. The van der Waals surface area contributed by atoms with E-state index in [1.54, 1.807) is 16.8 Å². The Bertz CT molecular complexity index is 1090. The topological polar surface area (TPSA) is 102 Å². The Morgan fingerprint density at radius 3 is 2.63 bits per heavy atom. The normalized spacial score (nSPS) is 14.6. The highest BCUT2D eigenvalue weighted by Gasteiger charge is 2.34. The van der Waals surface area contributed by atoms with Crippen LogP contribution in [0.25, 0.3) is 11.3 Å². The molecule has 0 aliphatic carbocycles. The van der Waals surface area contributed by atoms with E-state index in [1.165, 1.54) is 0 Å². The van der Waals surface area contributed by atoms with Gasteiger partial charge in [-0.3, -0.25) is 4.98 Å². The fourth-order valence-electron chi connectivity index (χ4n) is 3.31. The summed E-state index contributed by atoms with van der Waals surface area (Å²) in [5, 5.41) is 13.8. The summed E-state index contributed by atoms with van der Waals surface area (Å²) in [7, 11) is 5.65. The SMILES string of the molecule is CN(C)c1cc(Oc2cc(C#N)ccc2-c2ccc(CC3(N)COC3)cn2)n(C)n1. The van der Waals surface area contributed by atoms with Crippen LogP contribution in [-0.2, 0) is 18.2 Å². The van der Waals surface area contributed by atoms with Gasteiger partial charge in [-0.25, -0.2) is 4.68 Å². The van der Waals surface area contributed by atoms with Gasteiger partial charge in [-0.05, 0) is 36.2 Å². The van der Waals surface area contributed by atoms with Crippen molar-refractivity contribution in [3.8, 4) is 29.0 Å². The molecule has 0 bridgehead atoms. The number of benzene rings is 1. The Balaban J connectivity index is 1.64. The standard InChI is InChI=1S/C22H24N6O2/c1-27(2)20-9-21(28(3)26-20)30-19-8-15(11-23)4-6-17(19)18-7-5-16(12-25-18)10-22(24)13-29-14-22/h4-9,12H,10,13-14,24H2,1-3H3. The van der Waals surface area contributed by atoms with E-state index in [0.29, 0.717) is 30.4 Å². The highest BCUT2D eigenvalue weighted by Crippen LogP contribution is 2.34. The lowest BCUT2D eigenvalue weighted by molar-refractivity contribution is -0.0529. The zero-order valence-electron chi connectivity index (χ0n) is 17.3. The van der Waals surface area contributed by atoms with E-state index in [9.17, 15) is 5.26 Å². The van der Waals surface area contributed by atoms with Crippen molar-refractivity contribution < 1.29 is 9.47 Å². The summed E-state index contributed by atoms with van der Waals surface area (Å²) in [6, 6.07) is 13.3. The second-order valence-electron chi connectivity index (χ2n) is 7.87. The fraction of sp³-hybridized carbons (Fsp3) is 0.318. The molecule has 30 heavy (non-hydrogen) atoms. The number of anilines is 1. The van der Waals surface area contributed by atoms with E-state index in [0.717, 1.165) is 29.1 Å². The lowest BCUT2D eigenvalue weighted by Crippen LogP contribution is -2.58. The predicted molar refractivity (Wildman–Crippen MR) is 113 cm³/mol. The lowest BCUT2D eigenvalue weighted by Gasteiger charge is -2.37. The van der Waals surface area contributed by atoms with E-state index >= 15 is 0 Å². The largest absolute Gasteiger partial charge is 0.438 e. The van der Waals surface area contributed by atoms with Crippen molar-refractivity contribution in [2.24, 2.45) is 12.8 Å². The molecule has 2 aromatic heterocycles. The minimum absolute atomic E-state index is 0.296. The molecule has 1 saturated heterocycles. The average Bonchev–Trinajstić information content (AvgIpc) is 3.08. The van der Waals surface area contributed by atoms with Crippen LogP contribution in [0.1, 0.15) is 11.1 Å². The third kappa shape index (κ3) is 3.99. The number of nitriles is 1. The van der Waals surface area contributed by atoms with Crippen molar-refractivity contribution in [1.82, 2.24) is 14.8 Å². The van der Waals surface area contributed by atoms with Crippen molar-refractivity contribution in [3.05, 3.63) is 53.7 Å². The Morgan fingerprint density at radius 2 is 2.07 bits per heavy atom. The molecule has 0 atom stereocenters. The predicted octanol–water partition coefficient (Wildman–Crippen LogP) is 2.48. The summed E-state index contributed by atoms with van der Waals surface area (Å²) in [6.45, 7) is 1.14. The quantitative estimate of drug-likeness (QED) is 0.673. The second-order valence-corrected chi connectivity index (χ2v) is 7.87. The lowest BCUT2D eigenvalue weighted by atomic mass is 9.91. The molecule has 0 unspecified atom stereocenters. The van der Waals surface area contributed by atoms with Crippen molar-refractivity contribution in [2.45, 2.75) is 12.0 Å². The van der Waals surface area contributed by atoms with Crippen LogP contribution in [0.3, 0.4) is 0 Å². The number of ether oxygens (including phenoxy) is 2. The molecule has 1 aromatic carbocycles. The van der Waals surface area contributed by atoms with Gasteiger partial charge in [0.05, 0.1) is 36.1 Å². The van der Waals surface area contributed by atoms with Gasteiger partial charge in [0.25, 0.3) is 0 Å². The van der Waals surface area contributed by atoms with Gasteiger partial charge in [-0.1, -0.05) is 6.07 Å². The monoisotopic (exact) mass is 404 g/mol. The zero-order valence-corrected chi connectivity index (χ0v) is 17.3. The maximum Gasteiger partial charge on any atom is 0.219 e. The van der Waals surface area contributed by atoms with Crippen LogP contribution in [-0.4, -0.2) is 47.6 Å². The first kappa shape index (κ1) is 19.9. The minimum atomic E-state index is -0.296. The zero-order chi connectivity index (χ0) is 21.3. The van der Waals surface area contributed by atoms with E-state index in [4.69, 9.17) is 15.2 Å². The molecule has 8 heteroatoms. The average molecular weight is 404 g/mol. The van der Waals surface area contributed by atoms with E-state index in [2.05, 4.69) is 16.2 Å². The Kier molecular flexibility index (Phi) is 5.16. The Hall–Kier alpha value is -3.41. The number of hydrogen-bond acceptors (Lipinski definition) is 7. The molecule has 2 N–H and O–H groups in total. The molecule has 154 valence electrons.